The summed E-state index contributed by atoms with van der Waals surface area (Å²) >= 11 is 1.30. The monoisotopic (exact) mass is 317 g/mol. The molecule has 0 radical (unpaired) electrons. The molecule has 0 saturated heterocycles. The van der Waals surface area contributed by atoms with Crippen molar-refractivity contribution in [3.8, 4) is 0 Å². The number of nitrogens with zero attached hydrogens (tertiary/aromatic N) is 4. The van der Waals surface area contributed by atoms with E-state index < -0.39 is 0 Å². The number of aromatic nitrogens is 4. The molecule has 0 unspecified atom stereocenters. The number of imidazole rings is 1. The third-order valence-corrected chi connectivity index (χ3v) is 3.95. The molecule has 0 bridgehead atoms. The van der Waals surface area contributed by atoms with Gasteiger partial charge in [0.25, 0.3) is 0 Å². The van der Waals surface area contributed by atoms with E-state index in [1.165, 1.54) is 11.3 Å². The predicted octanol–water partition coefficient (Wildman–Crippen LogP) is 1.82. The van der Waals surface area contributed by atoms with E-state index in [-0.39, 0.29) is 12.3 Å². The molecule has 7 nitrogen and oxygen atoms in total. The fourth-order valence-corrected chi connectivity index (χ4v) is 2.91. The third kappa shape index (κ3) is 2.97. The summed E-state index contributed by atoms with van der Waals surface area (Å²) in [5.74, 6) is -0.145. The molecule has 0 aliphatic heterocycles. The van der Waals surface area contributed by atoms with Crippen LogP contribution < -0.4 is 5.32 Å². The number of carbonyl (C=O) groups excluding carboxylic acids is 1. The van der Waals surface area contributed by atoms with Crippen LogP contribution in [-0.2, 0) is 22.6 Å². The minimum atomic E-state index is -0.145. The van der Waals surface area contributed by atoms with Crippen LogP contribution in [0.25, 0.3) is 5.65 Å². The van der Waals surface area contributed by atoms with Crippen LogP contribution in [0.1, 0.15) is 16.4 Å². The average molecular weight is 317 g/mol. The van der Waals surface area contributed by atoms with Gasteiger partial charge in [-0.05, 0) is 19.1 Å². The Balaban J connectivity index is 1.74. The summed E-state index contributed by atoms with van der Waals surface area (Å²) in [5.41, 5.74) is 2.55. The molecule has 0 aliphatic carbocycles. The van der Waals surface area contributed by atoms with E-state index in [2.05, 4.69) is 20.5 Å². The van der Waals surface area contributed by atoms with Gasteiger partial charge in [-0.15, -0.1) is 10.2 Å². The number of aryl methyl sites for hydroxylation is 1. The zero-order valence-corrected chi connectivity index (χ0v) is 13.1. The topological polar surface area (TPSA) is 81.4 Å². The van der Waals surface area contributed by atoms with E-state index in [1.807, 2.05) is 35.7 Å². The third-order valence-electron chi connectivity index (χ3n) is 3.14. The Labute approximate surface area is 131 Å². The van der Waals surface area contributed by atoms with Gasteiger partial charge in [0, 0.05) is 13.3 Å². The molecule has 1 N–H and O–H groups in total. The molecule has 0 saturated carbocycles. The number of fused-ring (bicyclic) bond motifs is 1. The normalized spacial score (nSPS) is 11.0. The van der Waals surface area contributed by atoms with Crippen LogP contribution in [0.15, 0.2) is 24.4 Å². The molecule has 3 aromatic heterocycles. The van der Waals surface area contributed by atoms with Gasteiger partial charge >= 0.3 is 0 Å². The lowest BCUT2D eigenvalue weighted by molar-refractivity contribution is -0.115. The lowest BCUT2D eigenvalue weighted by atomic mass is 10.2. The van der Waals surface area contributed by atoms with Crippen molar-refractivity contribution >= 4 is 28.0 Å². The second-order valence-corrected chi connectivity index (χ2v) is 5.79. The summed E-state index contributed by atoms with van der Waals surface area (Å²) in [4.78, 5) is 16.6. The van der Waals surface area contributed by atoms with E-state index >= 15 is 0 Å². The van der Waals surface area contributed by atoms with Gasteiger partial charge < -0.3 is 14.5 Å². The van der Waals surface area contributed by atoms with Gasteiger partial charge in [-0.1, -0.05) is 17.4 Å². The number of methoxy groups -OCH3 is 1. The second-order valence-electron chi connectivity index (χ2n) is 4.73. The summed E-state index contributed by atoms with van der Waals surface area (Å²) in [6.07, 6.45) is 2.13. The highest BCUT2D eigenvalue weighted by molar-refractivity contribution is 7.15. The fraction of sp³-hybridized carbons (Fsp3) is 0.286. The van der Waals surface area contributed by atoms with Gasteiger partial charge in [-0.25, -0.2) is 4.98 Å². The minimum Gasteiger partial charge on any atom is -0.377 e. The summed E-state index contributed by atoms with van der Waals surface area (Å²) < 4.78 is 6.90. The molecule has 3 aromatic rings. The number of hydrogen-bond acceptors (Lipinski definition) is 6. The standard InChI is InChI=1S/C14H15N5O2S/c1-9-10(19-6-4-3-5-11(19)15-9)7-12(20)16-14-18-17-13(22-14)8-21-2/h3-6H,7-8H2,1-2H3,(H,16,18,20). The number of rotatable bonds is 5. The van der Waals surface area contributed by atoms with Crippen molar-refractivity contribution in [2.75, 3.05) is 12.4 Å². The maximum absolute atomic E-state index is 12.2. The van der Waals surface area contributed by atoms with Crippen molar-refractivity contribution in [2.24, 2.45) is 0 Å². The molecule has 1 amide bonds. The fourth-order valence-electron chi connectivity index (χ4n) is 2.18. The van der Waals surface area contributed by atoms with Crippen LogP contribution in [0, 0.1) is 6.92 Å². The lowest BCUT2D eigenvalue weighted by Crippen LogP contribution is -2.16. The molecular weight excluding hydrogens is 302 g/mol. The summed E-state index contributed by atoms with van der Waals surface area (Å²) in [6.45, 7) is 2.29. The van der Waals surface area contributed by atoms with E-state index in [1.54, 1.807) is 7.11 Å². The second kappa shape index (κ2) is 6.20. The smallest absolute Gasteiger partial charge is 0.232 e. The van der Waals surface area contributed by atoms with E-state index in [9.17, 15) is 4.79 Å². The first-order valence-corrected chi connectivity index (χ1v) is 7.52. The van der Waals surface area contributed by atoms with Crippen LogP contribution in [0.5, 0.6) is 0 Å². The van der Waals surface area contributed by atoms with E-state index in [4.69, 9.17) is 4.74 Å². The summed E-state index contributed by atoms with van der Waals surface area (Å²) in [6, 6.07) is 5.75. The first-order valence-electron chi connectivity index (χ1n) is 6.71. The van der Waals surface area contributed by atoms with E-state index in [0.29, 0.717) is 11.7 Å². The molecule has 0 atom stereocenters. The Morgan fingerprint density at radius 1 is 1.41 bits per heavy atom. The Morgan fingerprint density at radius 3 is 3.09 bits per heavy atom. The molecule has 0 spiro atoms. The van der Waals surface area contributed by atoms with Crippen LogP contribution in [0.2, 0.25) is 0 Å². The summed E-state index contributed by atoms with van der Waals surface area (Å²) in [5, 5.41) is 11.8. The SMILES string of the molecule is COCc1nnc(NC(=O)Cc2c(C)nc3ccccn23)s1. The minimum absolute atomic E-state index is 0.145. The van der Waals surface area contributed by atoms with Gasteiger partial charge in [0.05, 0.1) is 17.8 Å². The largest absolute Gasteiger partial charge is 0.377 e. The number of nitrogens with one attached hydrogen (secondary N) is 1. The van der Waals surface area contributed by atoms with Gasteiger partial charge in [-0.3, -0.25) is 4.79 Å². The Hall–Kier alpha value is -2.32. The number of anilines is 1. The van der Waals surface area contributed by atoms with Gasteiger partial charge in [0.15, 0.2) is 0 Å². The molecule has 0 aliphatic rings. The summed E-state index contributed by atoms with van der Waals surface area (Å²) in [7, 11) is 1.59. The number of amides is 1. The molecule has 0 aromatic carbocycles. The first-order chi connectivity index (χ1) is 10.7. The Bertz CT molecular complexity index is 811. The van der Waals surface area contributed by atoms with Gasteiger partial charge in [0.2, 0.25) is 11.0 Å². The highest BCUT2D eigenvalue weighted by atomic mass is 32.1. The Kier molecular flexibility index (Phi) is 4.12. The van der Waals surface area contributed by atoms with Gasteiger partial charge in [-0.2, -0.15) is 0 Å². The van der Waals surface area contributed by atoms with Crippen molar-refractivity contribution in [3.63, 3.8) is 0 Å². The van der Waals surface area contributed by atoms with Crippen molar-refractivity contribution in [1.82, 2.24) is 19.6 Å². The number of carbonyl (C=O) groups is 1. The van der Waals surface area contributed by atoms with Gasteiger partial charge in [0.1, 0.15) is 17.3 Å². The maximum Gasteiger partial charge on any atom is 0.232 e. The molecule has 3 rings (SSSR count). The van der Waals surface area contributed by atoms with Crippen LogP contribution in [0.3, 0.4) is 0 Å². The first kappa shape index (κ1) is 14.6. The average Bonchev–Trinajstić information content (AvgIpc) is 3.05. The van der Waals surface area contributed by atoms with Crippen LogP contribution in [-0.4, -0.2) is 32.6 Å². The number of hydrogen-bond donors (Lipinski definition) is 1. The van der Waals surface area contributed by atoms with Crippen molar-refractivity contribution in [1.29, 1.82) is 0 Å². The zero-order valence-electron chi connectivity index (χ0n) is 12.2. The molecular formula is C14H15N5O2S. The van der Waals surface area contributed by atoms with Crippen LogP contribution >= 0.6 is 11.3 Å². The number of pyridine rings is 1. The molecule has 22 heavy (non-hydrogen) atoms. The highest BCUT2D eigenvalue weighted by Crippen LogP contribution is 2.17. The van der Waals surface area contributed by atoms with E-state index in [0.717, 1.165) is 22.0 Å². The zero-order chi connectivity index (χ0) is 15.5. The molecule has 114 valence electrons. The highest BCUT2D eigenvalue weighted by Gasteiger charge is 2.14. The Morgan fingerprint density at radius 2 is 2.27 bits per heavy atom. The quantitative estimate of drug-likeness (QED) is 0.776. The molecule has 8 heteroatoms. The maximum atomic E-state index is 12.2. The van der Waals surface area contributed by atoms with Crippen molar-refractivity contribution in [2.45, 2.75) is 20.0 Å². The lowest BCUT2D eigenvalue weighted by Gasteiger charge is -2.03. The molecule has 3 heterocycles. The van der Waals surface area contributed by atoms with Crippen LogP contribution in [0.4, 0.5) is 5.13 Å². The number of ether oxygens (including phenoxy) is 1. The van der Waals surface area contributed by atoms with Crippen molar-refractivity contribution in [3.05, 3.63) is 40.8 Å². The molecule has 0 fully saturated rings. The van der Waals surface area contributed by atoms with Crippen molar-refractivity contribution < 1.29 is 9.53 Å². The predicted molar refractivity (Wildman–Crippen MR) is 82.9 cm³/mol.